The monoisotopic (exact) mass is 247 g/mol. The molecule has 1 nitrogen and oxygen atoms in total. The zero-order valence-electron chi connectivity index (χ0n) is 11.3. The van der Waals surface area contributed by atoms with Gasteiger partial charge in [0.2, 0.25) is 0 Å². The zero-order chi connectivity index (χ0) is 13.2. The molecule has 19 heavy (non-hydrogen) atoms. The van der Waals surface area contributed by atoms with Gasteiger partial charge in [0.25, 0.3) is 0 Å². The number of rotatable bonds is 2. The molecule has 0 aliphatic carbocycles. The summed E-state index contributed by atoms with van der Waals surface area (Å²) in [6, 6.07) is 21.1. The third-order valence-corrected chi connectivity index (χ3v) is 3.45. The van der Waals surface area contributed by atoms with Gasteiger partial charge in [-0.2, -0.15) is 0 Å². The summed E-state index contributed by atoms with van der Waals surface area (Å²) in [5.41, 5.74) is 4.62. The lowest BCUT2D eigenvalue weighted by molar-refractivity contribution is 0.868. The quantitative estimate of drug-likeness (QED) is 0.619. The minimum atomic E-state index is 0.534. The number of nitrogens with zero attached hydrogens (tertiary/aromatic N) is 1. The summed E-state index contributed by atoms with van der Waals surface area (Å²) in [7, 11) is 0. The predicted molar refractivity (Wildman–Crippen MR) is 81.3 cm³/mol. The molecule has 1 aromatic heterocycles. The number of hydrogen-bond acceptors (Lipinski definition) is 1. The maximum atomic E-state index is 4.79. The highest BCUT2D eigenvalue weighted by Crippen LogP contribution is 2.23. The van der Waals surface area contributed by atoms with Crippen LogP contribution in [0.1, 0.15) is 25.3 Å². The van der Waals surface area contributed by atoms with E-state index in [4.69, 9.17) is 4.98 Å². The fourth-order valence-electron chi connectivity index (χ4n) is 2.26. The van der Waals surface area contributed by atoms with E-state index < -0.39 is 0 Å². The lowest BCUT2D eigenvalue weighted by Crippen LogP contribution is -1.90. The summed E-state index contributed by atoms with van der Waals surface area (Å²) in [6.45, 7) is 4.42. The Balaban J connectivity index is 2.14. The van der Waals surface area contributed by atoms with Crippen LogP contribution in [0.5, 0.6) is 0 Å². The molecule has 0 unspecified atom stereocenters. The number of aromatic nitrogens is 1. The van der Waals surface area contributed by atoms with E-state index in [0.717, 1.165) is 11.2 Å². The molecule has 3 aromatic rings. The van der Waals surface area contributed by atoms with Crippen molar-refractivity contribution in [3.63, 3.8) is 0 Å². The maximum absolute atomic E-state index is 4.79. The maximum Gasteiger partial charge on any atom is 0.0712 e. The Morgan fingerprint density at radius 2 is 1.58 bits per heavy atom. The molecule has 0 radical (unpaired) electrons. The van der Waals surface area contributed by atoms with Gasteiger partial charge in [0.15, 0.2) is 0 Å². The molecule has 0 amide bonds. The first-order valence-corrected chi connectivity index (χ1v) is 6.70. The van der Waals surface area contributed by atoms with Crippen molar-refractivity contribution in [3.8, 4) is 11.3 Å². The first-order valence-electron chi connectivity index (χ1n) is 6.70. The van der Waals surface area contributed by atoms with Crippen molar-refractivity contribution in [3.05, 3.63) is 66.2 Å². The molecule has 0 N–H and O–H groups in total. The molecule has 0 aliphatic heterocycles. The fraction of sp³-hybridized carbons (Fsp3) is 0.167. The van der Waals surface area contributed by atoms with Crippen LogP contribution >= 0.6 is 0 Å². The topological polar surface area (TPSA) is 12.9 Å². The molecular weight excluding hydrogens is 230 g/mol. The predicted octanol–water partition coefficient (Wildman–Crippen LogP) is 5.03. The number of benzene rings is 2. The molecule has 1 heterocycles. The van der Waals surface area contributed by atoms with E-state index in [2.05, 4.69) is 56.3 Å². The van der Waals surface area contributed by atoms with Gasteiger partial charge in [-0.05, 0) is 23.6 Å². The summed E-state index contributed by atoms with van der Waals surface area (Å²) < 4.78 is 0. The minimum absolute atomic E-state index is 0.534. The highest BCUT2D eigenvalue weighted by atomic mass is 14.7. The molecule has 0 atom stereocenters. The second-order valence-electron chi connectivity index (χ2n) is 5.17. The van der Waals surface area contributed by atoms with E-state index in [1.54, 1.807) is 0 Å². The van der Waals surface area contributed by atoms with Crippen molar-refractivity contribution in [1.82, 2.24) is 4.98 Å². The summed E-state index contributed by atoms with van der Waals surface area (Å²) in [6.07, 6.45) is 0. The summed E-state index contributed by atoms with van der Waals surface area (Å²) in [5.74, 6) is 0.534. The van der Waals surface area contributed by atoms with E-state index in [1.165, 1.54) is 16.5 Å². The van der Waals surface area contributed by atoms with Gasteiger partial charge in [-0.25, -0.2) is 4.98 Å². The van der Waals surface area contributed by atoms with Crippen molar-refractivity contribution in [2.45, 2.75) is 19.8 Å². The van der Waals surface area contributed by atoms with Gasteiger partial charge in [-0.1, -0.05) is 62.4 Å². The fourth-order valence-corrected chi connectivity index (χ4v) is 2.26. The minimum Gasteiger partial charge on any atom is -0.248 e. The van der Waals surface area contributed by atoms with Gasteiger partial charge in [0, 0.05) is 10.9 Å². The van der Waals surface area contributed by atoms with Crippen molar-refractivity contribution in [2.75, 3.05) is 0 Å². The summed E-state index contributed by atoms with van der Waals surface area (Å²) >= 11 is 0. The number of fused-ring (bicyclic) bond motifs is 1. The van der Waals surface area contributed by atoms with Crippen molar-refractivity contribution < 1.29 is 0 Å². The van der Waals surface area contributed by atoms with Crippen molar-refractivity contribution >= 4 is 10.9 Å². The molecule has 94 valence electrons. The molecule has 0 saturated heterocycles. The smallest absolute Gasteiger partial charge is 0.0712 e. The van der Waals surface area contributed by atoms with Crippen LogP contribution in [0.4, 0.5) is 0 Å². The molecule has 3 rings (SSSR count). The Labute approximate surface area is 113 Å². The Hall–Kier alpha value is -2.15. The highest BCUT2D eigenvalue weighted by Gasteiger charge is 2.04. The highest BCUT2D eigenvalue weighted by molar-refractivity contribution is 5.82. The van der Waals surface area contributed by atoms with E-state index in [-0.39, 0.29) is 0 Å². The molecule has 0 aliphatic rings. The van der Waals surface area contributed by atoms with Crippen LogP contribution in [0.2, 0.25) is 0 Å². The average Bonchev–Trinajstić information content (AvgIpc) is 2.47. The summed E-state index contributed by atoms with van der Waals surface area (Å²) in [5, 5.41) is 1.20. The lowest BCUT2D eigenvalue weighted by atomic mass is 10.0. The molecule has 0 fully saturated rings. The van der Waals surface area contributed by atoms with E-state index in [1.807, 2.05) is 18.2 Å². The zero-order valence-corrected chi connectivity index (χ0v) is 11.3. The van der Waals surface area contributed by atoms with Crippen molar-refractivity contribution in [2.24, 2.45) is 0 Å². The SMILES string of the molecule is CC(C)c1ccc2ccc(-c3ccccc3)nc2c1. The molecule has 0 spiro atoms. The molecule has 0 bridgehead atoms. The standard InChI is InChI=1S/C18H17N/c1-13(2)16-9-8-15-10-11-17(19-18(15)12-16)14-6-4-3-5-7-14/h3-13H,1-2H3. The first kappa shape index (κ1) is 11.9. The normalized spacial score (nSPS) is 11.1. The first-order chi connectivity index (χ1) is 9.24. The van der Waals surface area contributed by atoms with Crippen LogP contribution in [0.25, 0.3) is 22.2 Å². The number of pyridine rings is 1. The van der Waals surface area contributed by atoms with Crippen molar-refractivity contribution in [1.29, 1.82) is 0 Å². The average molecular weight is 247 g/mol. The molecule has 1 heteroatoms. The third-order valence-electron chi connectivity index (χ3n) is 3.45. The van der Waals surface area contributed by atoms with Gasteiger partial charge in [0.05, 0.1) is 11.2 Å². The Morgan fingerprint density at radius 1 is 0.842 bits per heavy atom. The number of hydrogen-bond donors (Lipinski definition) is 0. The van der Waals surface area contributed by atoms with Crippen LogP contribution < -0.4 is 0 Å². The van der Waals surface area contributed by atoms with Crippen LogP contribution in [0.3, 0.4) is 0 Å². The van der Waals surface area contributed by atoms with Crippen LogP contribution in [-0.2, 0) is 0 Å². The Morgan fingerprint density at radius 3 is 2.32 bits per heavy atom. The summed E-state index contributed by atoms with van der Waals surface area (Å²) in [4.78, 5) is 4.79. The lowest BCUT2D eigenvalue weighted by Gasteiger charge is -2.08. The van der Waals surface area contributed by atoms with Crippen LogP contribution in [-0.4, -0.2) is 4.98 Å². The molecular formula is C18H17N. The second kappa shape index (κ2) is 4.85. The molecule has 0 saturated carbocycles. The molecule has 2 aromatic carbocycles. The van der Waals surface area contributed by atoms with Gasteiger partial charge < -0.3 is 0 Å². The van der Waals surface area contributed by atoms with Gasteiger partial charge in [-0.15, -0.1) is 0 Å². The Kier molecular flexibility index (Phi) is 3.04. The van der Waals surface area contributed by atoms with Crippen LogP contribution in [0, 0.1) is 0 Å². The van der Waals surface area contributed by atoms with E-state index >= 15 is 0 Å². The van der Waals surface area contributed by atoms with Gasteiger partial charge in [0.1, 0.15) is 0 Å². The van der Waals surface area contributed by atoms with Crippen LogP contribution in [0.15, 0.2) is 60.7 Å². The third kappa shape index (κ3) is 2.37. The Bertz CT molecular complexity index is 699. The van der Waals surface area contributed by atoms with Gasteiger partial charge >= 0.3 is 0 Å². The second-order valence-corrected chi connectivity index (χ2v) is 5.17. The van der Waals surface area contributed by atoms with E-state index in [9.17, 15) is 0 Å². The largest absolute Gasteiger partial charge is 0.248 e. The van der Waals surface area contributed by atoms with Gasteiger partial charge in [-0.3, -0.25) is 0 Å². The van der Waals surface area contributed by atoms with E-state index in [0.29, 0.717) is 5.92 Å².